The molecule has 0 spiro atoms. The summed E-state index contributed by atoms with van der Waals surface area (Å²) >= 11 is 0. The standard InChI is InChI=1S/C18H18N6O.C5H13N/c1-18(2,3)24-17-14(16(19)20-9-21-17)15(23-24)11-5-4-10-6-12(8-25)22-13(10)7-11;1-3-4-5-6-2/h4-9,22H,1-3H3,(H2,19,20,21);6H,3-5H2,1-2H3. The van der Waals surface area contributed by atoms with Gasteiger partial charge in [-0.25, -0.2) is 14.6 Å². The molecule has 0 amide bonds. The number of fused-ring (bicyclic) bond motifs is 2. The fourth-order valence-electron chi connectivity index (χ4n) is 3.36. The third-order valence-corrected chi connectivity index (χ3v) is 4.95. The molecule has 8 heteroatoms. The molecule has 0 fully saturated rings. The van der Waals surface area contributed by atoms with E-state index in [0.29, 0.717) is 17.2 Å². The van der Waals surface area contributed by atoms with Crippen molar-refractivity contribution in [2.45, 2.75) is 46.1 Å². The number of nitrogens with zero attached hydrogens (tertiary/aromatic N) is 4. The van der Waals surface area contributed by atoms with E-state index in [9.17, 15) is 4.79 Å². The van der Waals surface area contributed by atoms with Crippen LogP contribution in [-0.4, -0.2) is 44.6 Å². The number of aromatic nitrogens is 5. The molecule has 0 saturated heterocycles. The van der Waals surface area contributed by atoms with Gasteiger partial charge >= 0.3 is 0 Å². The SMILES string of the molecule is CC(C)(C)n1nc(-c2ccc3cc(C=O)[nH]c3c2)c2c(N)ncnc21.CCCCNC. The monoisotopic (exact) mass is 421 g/mol. The summed E-state index contributed by atoms with van der Waals surface area (Å²) in [5, 5.41) is 9.55. The highest BCUT2D eigenvalue weighted by molar-refractivity contribution is 6.00. The van der Waals surface area contributed by atoms with Crippen molar-refractivity contribution < 1.29 is 4.79 Å². The van der Waals surface area contributed by atoms with Crippen LogP contribution in [-0.2, 0) is 5.54 Å². The number of nitrogens with two attached hydrogens (primary N) is 1. The maximum atomic E-state index is 11.0. The summed E-state index contributed by atoms with van der Waals surface area (Å²) in [4.78, 5) is 22.6. The zero-order valence-electron chi connectivity index (χ0n) is 18.9. The van der Waals surface area contributed by atoms with Crippen molar-refractivity contribution in [2.75, 3.05) is 19.3 Å². The average Bonchev–Trinajstić information content (AvgIpc) is 3.34. The Bertz CT molecular complexity index is 1180. The van der Waals surface area contributed by atoms with E-state index in [1.54, 1.807) is 0 Å². The van der Waals surface area contributed by atoms with Crippen molar-refractivity contribution in [3.05, 3.63) is 36.3 Å². The molecule has 0 aliphatic carbocycles. The van der Waals surface area contributed by atoms with Gasteiger partial charge in [0.25, 0.3) is 0 Å². The molecule has 0 unspecified atom stereocenters. The summed E-state index contributed by atoms with van der Waals surface area (Å²) in [5.41, 5.74) is 9.61. The van der Waals surface area contributed by atoms with Gasteiger partial charge in [0.1, 0.15) is 17.8 Å². The van der Waals surface area contributed by atoms with Crippen LogP contribution in [0.3, 0.4) is 0 Å². The zero-order chi connectivity index (χ0) is 22.6. The van der Waals surface area contributed by atoms with E-state index in [1.807, 2.05) is 36.0 Å². The van der Waals surface area contributed by atoms with Crippen LogP contribution in [0.2, 0.25) is 0 Å². The van der Waals surface area contributed by atoms with E-state index in [2.05, 4.69) is 48.0 Å². The van der Waals surface area contributed by atoms with Crippen molar-refractivity contribution in [2.24, 2.45) is 0 Å². The number of benzene rings is 1. The van der Waals surface area contributed by atoms with Crippen molar-refractivity contribution in [1.82, 2.24) is 30.0 Å². The molecule has 0 radical (unpaired) electrons. The molecular formula is C23H31N7O. The first-order valence-corrected chi connectivity index (χ1v) is 10.5. The van der Waals surface area contributed by atoms with Gasteiger partial charge in [0, 0.05) is 16.5 Å². The fourth-order valence-corrected chi connectivity index (χ4v) is 3.36. The summed E-state index contributed by atoms with van der Waals surface area (Å²) in [6.07, 6.45) is 4.85. The first-order chi connectivity index (χ1) is 14.8. The molecule has 0 aliphatic rings. The van der Waals surface area contributed by atoms with Crippen LogP contribution >= 0.6 is 0 Å². The number of nitrogen functional groups attached to an aromatic ring is 1. The van der Waals surface area contributed by atoms with Gasteiger partial charge in [0.15, 0.2) is 11.9 Å². The molecular weight excluding hydrogens is 390 g/mol. The van der Waals surface area contributed by atoms with Gasteiger partial charge in [0.2, 0.25) is 0 Å². The van der Waals surface area contributed by atoms with E-state index in [1.165, 1.54) is 19.2 Å². The van der Waals surface area contributed by atoms with Crippen LogP contribution in [0.15, 0.2) is 30.6 Å². The molecule has 0 atom stereocenters. The Kier molecular flexibility index (Phi) is 6.70. The molecule has 3 heterocycles. The third-order valence-electron chi connectivity index (χ3n) is 4.95. The second-order valence-electron chi connectivity index (χ2n) is 8.49. The topological polar surface area (TPSA) is 115 Å². The van der Waals surface area contributed by atoms with E-state index < -0.39 is 0 Å². The normalized spacial score (nSPS) is 11.5. The lowest BCUT2D eigenvalue weighted by atomic mass is 10.1. The Morgan fingerprint density at radius 1 is 1.23 bits per heavy atom. The van der Waals surface area contributed by atoms with Gasteiger partial charge in [-0.3, -0.25) is 4.79 Å². The molecule has 0 bridgehead atoms. The highest BCUT2D eigenvalue weighted by atomic mass is 16.1. The Labute approximate surface area is 182 Å². The summed E-state index contributed by atoms with van der Waals surface area (Å²) in [5.74, 6) is 0.399. The average molecular weight is 422 g/mol. The number of carbonyl (C=O) groups is 1. The second-order valence-corrected chi connectivity index (χ2v) is 8.49. The van der Waals surface area contributed by atoms with Crippen LogP contribution in [0.4, 0.5) is 5.82 Å². The molecule has 4 rings (SSSR count). The maximum absolute atomic E-state index is 11.0. The number of carbonyl (C=O) groups excluding carboxylic acids is 1. The fraction of sp³-hybridized carbons (Fsp3) is 0.391. The Morgan fingerprint density at radius 2 is 2.00 bits per heavy atom. The highest BCUT2D eigenvalue weighted by Crippen LogP contribution is 2.34. The van der Waals surface area contributed by atoms with E-state index >= 15 is 0 Å². The van der Waals surface area contributed by atoms with Gasteiger partial charge in [-0.2, -0.15) is 5.10 Å². The molecule has 1 aromatic carbocycles. The van der Waals surface area contributed by atoms with Gasteiger partial charge in [-0.05, 0) is 52.9 Å². The lowest BCUT2D eigenvalue weighted by Gasteiger charge is -2.19. The first-order valence-electron chi connectivity index (χ1n) is 10.5. The molecule has 31 heavy (non-hydrogen) atoms. The number of rotatable bonds is 5. The van der Waals surface area contributed by atoms with Gasteiger partial charge < -0.3 is 16.0 Å². The van der Waals surface area contributed by atoms with Crippen LogP contribution in [0.5, 0.6) is 0 Å². The van der Waals surface area contributed by atoms with Gasteiger partial charge in [0.05, 0.1) is 16.6 Å². The van der Waals surface area contributed by atoms with Crippen molar-refractivity contribution in [3.63, 3.8) is 0 Å². The second kappa shape index (κ2) is 9.26. The number of unbranched alkanes of at least 4 members (excludes halogenated alkanes) is 1. The van der Waals surface area contributed by atoms with Crippen LogP contribution in [0, 0.1) is 0 Å². The van der Waals surface area contributed by atoms with Crippen LogP contribution in [0.25, 0.3) is 33.2 Å². The predicted molar refractivity (Wildman–Crippen MR) is 126 cm³/mol. The van der Waals surface area contributed by atoms with E-state index in [0.717, 1.165) is 40.4 Å². The lowest BCUT2D eigenvalue weighted by Crippen LogP contribution is -2.23. The summed E-state index contributed by atoms with van der Waals surface area (Å²) in [7, 11) is 1.98. The summed E-state index contributed by atoms with van der Waals surface area (Å²) in [6.45, 7) is 9.54. The molecule has 164 valence electrons. The van der Waals surface area contributed by atoms with E-state index in [-0.39, 0.29) is 5.54 Å². The van der Waals surface area contributed by atoms with Crippen molar-refractivity contribution in [1.29, 1.82) is 0 Å². The number of H-pyrrole nitrogens is 1. The van der Waals surface area contributed by atoms with Crippen LogP contribution < -0.4 is 11.1 Å². The Hall–Kier alpha value is -3.26. The van der Waals surface area contributed by atoms with Crippen LogP contribution in [0.1, 0.15) is 51.0 Å². The molecule has 3 aromatic heterocycles. The third kappa shape index (κ3) is 4.74. The first kappa shape index (κ1) is 22.4. The number of nitrogens with one attached hydrogen (secondary N) is 2. The zero-order valence-corrected chi connectivity index (χ0v) is 18.9. The number of hydrogen-bond donors (Lipinski definition) is 3. The number of aldehydes is 1. The minimum atomic E-state index is -0.251. The minimum absolute atomic E-state index is 0.251. The molecule has 4 N–H and O–H groups in total. The Morgan fingerprint density at radius 3 is 2.61 bits per heavy atom. The van der Waals surface area contributed by atoms with E-state index in [4.69, 9.17) is 10.8 Å². The predicted octanol–water partition coefficient (Wildman–Crippen LogP) is 4.13. The molecule has 0 saturated carbocycles. The summed E-state index contributed by atoms with van der Waals surface area (Å²) < 4.78 is 1.87. The van der Waals surface area contributed by atoms with Crippen molar-refractivity contribution >= 4 is 34.0 Å². The van der Waals surface area contributed by atoms with Crippen molar-refractivity contribution in [3.8, 4) is 11.3 Å². The number of anilines is 1. The Balaban J connectivity index is 0.000000401. The smallest absolute Gasteiger partial charge is 0.166 e. The lowest BCUT2D eigenvalue weighted by molar-refractivity contribution is 0.112. The quantitative estimate of drug-likeness (QED) is 0.330. The summed E-state index contributed by atoms with van der Waals surface area (Å²) in [6, 6.07) is 7.70. The number of hydrogen-bond acceptors (Lipinski definition) is 6. The van der Waals surface area contributed by atoms with Gasteiger partial charge in [-0.15, -0.1) is 0 Å². The maximum Gasteiger partial charge on any atom is 0.166 e. The molecule has 4 aromatic rings. The molecule has 0 aliphatic heterocycles. The largest absolute Gasteiger partial charge is 0.383 e. The number of aromatic amines is 1. The van der Waals surface area contributed by atoms with Gasteiger partial charge in [-0.1, -0.05) is 25.5 Å². The molecule has 8 nitrogen and oxygen atoms in total. The minimum Gasteiger partial charge on any atom is -0.383 e. The highest BCUT2D eigenvalue weighted by Gasteiger charge is 2.24.